The molecule has 19 heavy (non-hydrogen) atoms. The van der Waals surface area contributed by atoms with Gasteiger partial charge in [-0.05, 0) is 63.4 Å². The fourth-order valence-corrected chi connectivity index (χ4v) is 3.38. The smallest absolute Gasteiger partial charge is 0.0417 e. The number of nitrogens with one attached hydrogen (secondary N) is 1. The number of hydrogen-bond donors (Lipinski definition) is 1. The number of piperidine rings is 1. The maximum absolute atomic E-state index is 3.61. The summed E-state index contributed by atoms with van der Waals surface area (Å²) < 4.78 is 1.17. The van der Waals surface area contributed by atoms with Crippen LogP contribution in [0.2, 0.25) is 0 Å². The second-order valence-corrected chi connectivity index (χ2v) is 6.44. The van der Waals surface area contributed by atoms with Crippen molar-refractivity contribution in [3.05, 3.63) is 28.2 Å². The van der Waals surface area contributed by atoms with Crippen LogP contribution in [0.5, 0.6) is 0 Å². The van der Waals surface area contributed by atoms with Crippen LogP contribution in [-0.4, -0.2) is 19.1 Å². The van der Waals surface area contributed by atoms with Crippen LogP contribution in [0.4, 0.5) is 5.69 Å². The van der Waals surface area contributed by atoms with E-state index in [0.29, 0.717) is 12.1 Å². The Morgan fingerprint density at radius 1 is 1.42 bits per heavy atom. The Hall–Kier alpha value is -0.540. The van der Waals surface area contributed by atoms with Gasteiger partial charge in [-0.2, -0.15) is 0 Å². The first-order valence-electron chi connectivity index (χ1n) is 7.43. The summed E-state index contributed by atoms with van der Waals surface area (Å²) in [4.78, 5) is 2.58. The van der Waals surface area contributed by atoms with Crippen LogP contribution < -0.4 is 10.2 Å². The Balaban J connectivity index is 2.32. The summed E-state index contributed by atoms with van der Waals surface area (Å²) >= 11 is 3.61. The number of benzene rings is 1. The van der Waals surface area contributed by atoms with E-state index in [9.17, 15) is 0 Å². The molecular weight excluding hydrogens is 300 g/mol. The van der Waals surface area contributed by atoms with Crippen LogP contribution >= 0.6 is 15.9 Å². The van der Waals surface area contributed by atoms with Crippen LogP contribution in [0.15, 0.2) is 22.7 Å². The molecule has 2 rings (SSSR count). The second-order valence-electron chi connectivity index (χ2n) is 5.52. The molecule has 0 saturated carbocycles. The summed E-state index contributed by atoms with van der Waals surface area (Å²) in [5, 5.41) is 3.54. The molecule has 1 aliphatic heterocycles. The molecule has 1 aromatic rings. The number of halogens is 1. The van der Waals surface area contributed by atoms with E-state index in [1.807, 2.05) is 0 Å². The van der Waals surface area contributed by atoms with Crippen molar-refractivity contribution in [2.75, 3.05) is 18.0 Å². The fraction of sp³-hybridized carbons (Fsp3) is 0.625. The standard InChI is InChI=1S/C16H25BrN2/c1-4-18-13(3)15-11-14(17)8-9-16(15)19-10-6-5-7-12(19)2/h8-9,11-13,18H,4-7,10H2,1-3H3. The highest BCUT2D eigenvalue weighted by Crippen LogP contribution is 2.33. The predicted molar refractivity (Wildman–Crippen MR) is 86.9 cm³/mol. The van der Waals surface area contributed by atoms with Crippen molar-refractivity contribution in [3.63, 3.8) is 0 Å². The van der Waals surface area contributed by atoms with Gasteiger partial charge in [-0.15, -0.1) is 0 Å². The van der Waals surface area contributed by atoms with Gasteiger partial charge in [-0.1, -0.05) is 22.9 Å². The van der Waals surface area contributed by atoms with Gasteiger partial charge in [0.2, 0.25) is 0 Å². The lowest BCUT2D eigenvalue weighted by Crippen LogP contribution is -2.38. The van der Waals surface area contributed by atoms with E-state index in [1.165, 1.54) is 41.5 Å². The summed E-state index contributed by atoms with van der Waals surface area (Å²) in [6, 6.07) is 7.76. The topological polar surface area (TPSA) is 15.3 Å². The van der Waals surface area contributed by atoms with Crippen molar-refractivity contribution in [1.82, 2.24) is 5.32 Å². The van der Waals surface area contributed by atoms with Crippen LogP contribution in [0, 0.1) is 0 Å². The Labute approximate surface area is 125 Å². The Bertz CT molecular complexity index is 419. The maximum atomic E-state index is 3.61. The molecule has 3 heteroatoms. The van der Waals surface area contributed by atoms with Crippen LogP contribution in [0.25, 0.3) is 0 Å². The highest BCUT2D eigenvalue weighted by atomic mass is 79.9. The molecule has 1 fully saturated rings. The average molecular weight is 325 g/mol. The van der Waals surface area contributed by atoms with Gasteiger partial charge in [0.05, 0.1) is 0 Å². The summed E-state index contributed by atoms with van der Waals surface area (Å²) in [6.45, 7) is 8.96. The Morgan fingerprint density at radius 3 is 2.89 bits per heavy atom. The molecule has 0 radical (unpaired) electrons. The molecule has 1 saturated heterocycles. The van der Waals surface area contributed by atoms with Crippen molar-refractivity contribution >= 4 is 21.6 Å². The monoisotopic (exact) mass is 324 g/mol. The maximum Gasteiger partial charge on any atom is 0.0417 e. The minimum atomic E-state index is 0.395. The van der Waals surface area contributed by atoms with Gasteiger partial charge in [0.1, 0.15) is 0 Å². The molecule has 1 N–H and O–H groups in total. The first-order chi connectivity index (χ1) is 9.13. The van der Waals surface area contributed by atoms with Gasteiger partial charge in [-0.3, -0.25) is 0 Å². The largest absolute Gasteiger partial charge is 0.369 e. The van der Waals surface area contributed by atoms with Gasteiger partial charge in [0, 0.05) is 28.8 Å². The Kier molecular flexibility index (Phi) is 5.28. The molecule has 1 aromatic carbocycles. The molecule has 1 aliphatic rings. The Morgan fingerprint density at radius 2 is 2.21 bits per heavy atom. The molecule has 2 atom stereocenters. The van der Waals surface area contributed by atoms with E-state index in [0.717, 1.165) is 6.54 Å². The SMILES string of the molecule is CCNC(C)c1cc(Br)ccc1N1CCCCC1C. The first-order valence-corrected chi connectivity index (χ1v) is 8.22. The molecule has 2 nitrogen and oxygen atoms in total. The summed E-state index contributed by atoms with van der Waals surface area (Å²) in [6.07, 6.45) is 3.99. The van der Waals surface area contributed by atoms with Gasteiger partial charge < -0.3 is 10.2 Å². The second kappa shape index (κ2) is 6.76. The van der Waals surface area contributed by atoms with Crippen molar-refractivity contribution in [3.8, 4) is 0 Å². The highest BCUT2D eigenvalue weighted by molar-refractivity contribution is 9.10. The summed E-state index contributed by atoms with van der Waals surface area (Å²) in [5.41, 5.74) is 2.81. The molecule has 106 valence electrons. The zero-order chi connectivity index (χ0) is 13.8. The highest BCUT2D eigenvalue weighted by Gasteiger charge is 2.22. The average Bonchev–Trinajstić information content (AvgIpc) is 2.40. The van der Waals surface area contributed by atoms with Gasteiger partial charge in [-0.25, -0.2) is 0 Å². The zero-order valence-corrected chi connectivity index (χ0v) is 13.8. The molecule has 1 heterocycles. The summed E-state index contributed by atoms with van der Waals surface area (Å²) in [5.74, 6) is 0. The van der Waals surface area contributed by atoms with E-state index in [-0.39, 0.29) is 0 Å². The van der Waals surface area contributed by atoms with E-state index in [4.69, 9.17) is 0 Å². The van der Waals surface area contributed by atoms with E-state index < -0.39 is 0 Å². The zero-order valence-electron chi connectivity index (χ0n) is 12.2. The first kappa shape index (κ1) is 14.9. The normalized spacial score (nSPS) is 21.5. The molecule has 0 amide bonds. The lowest BCUT2D eigenvalue weighted by Gasteiger charge is -2.37. The molecule has 0 bridgehead atoms. The quantitative estimate of drug-likeness (QED) is 0.877. The van der Waals surface area contributed by atoms with Crippen molar-refractivity contribution < 1.29 is 0 Å². The fourth-order valence-electron chi connectivity index (χ4n) is 3.01. The molecule has 0 aromatic heterocycles. The van der Waals surface area contributed by atoms with E-state index in [2.05, 4.69) is 65.1 Å². The third-order valence-electron chi connectivity index (χ3n) is 4.08. The van der Waals surface area contributed by atoms with Gasteiger partial charge in [0.25, 0.3) is 0 Å². The number of hydrogen-bond acceptors (Lipinski definition) is 2. The number of rotatable bonds is 4. The van der Waals surface area contributed by atoms with Crippen molar-refractivity contribution in [1.29, 1.82) is 0 Å². The number of nitrogens with zero attached hydrogens (tertiary/aromatic N) is 1. The molecule has 0 aliphatic carbocycles. The molecular formula is C16H25BrN2. The lowest BCUT2D eigenvalue weighted by atomic mass is 9.99. The van der Waals surface area contributed by atoms with Crippen molar-refractivity contribution in [2.24, 2.45) is 0 Å². The van der Waals surface area contributed by atoms with Gasteiger partial charge >= 0.3 is 0 Å². The van der Waals surface area contributed by atoms with Gasteiger partial charge in [0.15, 0.2) is 0 Å². The molecule has 2 unspecified atom stereocenters. The predicted octanol–water partition coefficient (Wildman–Crippen LogP) is 4.50. The van der Waals surface area contributed by atoms with E-state index in [1.54, 1.807) is 0 Å². The van der Waals surface area contributed by atoms with Crippen LogP contribution in [0.1, 0.15) is 51.6 Å². The molecule has 0 spiro atoms. The third kappa shape index (κ3) is 3.51. The van der Waals surface area contributed by atoms with Crippen LogP contribution in [0.3, 0.4) is 0 Å². The lowest BCUT2D eigenvalue weighted by molar-refractivity contribution is 0.481. The van der Waals surface area contributed by atoms with E-state index >= 15 is 0 Å². The van der Waals surface area contributed by atoms with Crippen LogP contribution in [-0.2, 0) is 0 Å². The minimum absolute atomic E-state index is 0.395. The minimum Gasteiger partial charge on any atom is -0.369 e. The summed E-state index contributed by atoms with van der Waals surface area (Å²) in [7, 11) is 0. The third-order valence-corrected chi connectivity index (χ3v) is 4.57. The van der Waals surface area contributed by atoms with Crippen molar-refractivity contribution in [2.45, 2.75) is 52.1 Å². The number of anilines is 1.